The minimum absolute atomic E-state index is 0.292. The van der Waals surface area contributed by atoms with Crippen molar-refractivity contribution in [3.63, 3.8) is 0 Å². The third kappa shape index (κ3) is 5.69. The number of benzene rings is 1. The number of thiophene rings is 1. The van der Waals surface area contributed by atoms with E-state index < -0.39 is 5.97 Å². The van der Waals surface area contributed by atoms with E-state index in [0.29, 0.717) is 56.9 Å². The summed E-state index contributed by atoms with van der Waals surface area (Å²) in [6.07, 6.45) is 4.80. The molecule has 0 unspecified atom stereocenters. The lowest BCUT2D eigenvalue weighted by Gasteiger charge is -2.28. The number of nitrogens with one attached hydrogen (secondary N) is 1. The average Bonchev–Trinajstić information content (AvgIpc) is 3.66. The Morgan fingerprint density at radius 2 is 2.00 bits per heavy atom. The maximum absolute atomic E-state index is 12.1. The summed E-state index contributed by atoms with van der Waals surface area (Å²) >= 11 is 1.66. The zero-order valence-electron chi connectivity index (χ0n) is 22.9. The Labute approximate surface area is 240 Å². The lowest BCUT2D eigenvalue weighted by atomic mass is 10.1. The number of fused-ring (bicyclic) bond motifs is 2. The number of carbonyl (C=O) groups excluding carboxylic acids is 1. The summed E-state index contributed by atoms with van der Waals surface area (Å²) < 4.78 is 17.1. The minimum atomic E-state index is -0.442. The zero-order chi connectivity index (χ0) is 28.2. The van der Waals surface area contributed by atoms with Crippen LogP contribution in [0, 0.1) is 0 Å². The molecule has 6 rings (SSSR count). The second kappa shape index (κ2) is 12.1. The maximum atomic E-state index is 12.1. The summed E-state index contributed by atoms with van der Waals surface area (Å²) in [6, 6.07) is 8.11. The van der Waals surface area contributed by atoms with Gasteiger partial charge in [0, 0.05) is 55.0 Å². The highest BCUT2D eigenvalue weighted by Gasteiger charge is 2.22. The molecule has 5 heterocycles. The number of ether oxygens (including phenoxy) is 3. The molecule has 1 aliphatic heterocycles. The number of nitrogens with zero attached hydrogens (tertiary/aromatic N) is 7. The van der Waals surface area contributed by atoms with Crippen molar-refractivity contribution in [2.75, 3.05) is 63.0 Å². The molecular weight excluding hydrogens is 544 g/mol. The molecule has 1 aromatic carbocycles. The Balaban J connectivity index is 1.37. The van der Waals surface area contributed by atoms with Crippen LogP contribution < -0.4 is 9.80 Å². The Bertz CT molecular complexity index is 1650. The molecule has 212 valence electrons. The van der Waals surface area contributed by atoms with E-state index in [1.54, 1.807) is 25.4 Å². The van der Waals surface area contributed by atoms with Gasteiger partial charge >= 0.3 is 5.97 Å². The molecule has 12 nitrogen and oxygen atoms in total. The van der Waals surface area contributed by atoms with E-state index in [1.807, 2.05) is 29.3 Å². The standard InChI is InChI=1S/C28H30N8O4S/c1-3-40-27(37)18-14-29-28(30-15-18)36(7-10-38-2)17-19-13-23-24(41-19)26(35-8-11-39-12-9-35)33-25(32-23)20-5-4-6-22-21(20)16-31-34-22/h4-6,13-16H,3,7-12,17H2,1-2H3,(H,31,34). The van der Waals surface area contributed by atoms with Crippen molar-refractivity contribution < 1.29 is 19.0 Å². The van der Waals surface area contributed by atoms with Gasteiger partial charge in [-0.25, -0.2) is 24.7 Å². The van der Waals surface area contributed by atoms with Crippen molar-refractivity contribution in [3.8, 4) is 11.4 Å². The van der Waals surface area contributed by atoms with Gasteiger partial charge in [0.25, 0.3) is 0 Å². The van der Waals surface area contributed by atoms with E-state index in [0.717, 1.165) is 50.5 Å². The van der Waals surface area contributed by atoms with Gasteiger partial charge in [-0.1, -0.05) is 12.1 Å². The first-order valence-corrected chi connectivity index (χ1v) is 14.2. The number of hydrogen-bond acceptors (Lipinski definition) is 12. The first-order chi connectivity index (χ1) is 20.1. The van der Waals surface area contributed by atoms with Crippen molar-refractivity contribution in [3.05, 3.63) is 53.3 Å². The largest absolute Gasteiger partial charge is 0.462 e. The number of aromatic nitrogens is 6. The van der Waals surface area contributed by atoms with E-state index >= 15 is 0 Å². The van der Waals surface area contributed by atoms with Gasteiger partial charge in [0.1, 0.15) is 0 Å². The van der Waals surface area contributed by atoms with Crippen LogP contribution in [0.5, 0.6) is 0 Å². The Morgan fingerprint density at radius 1 is 1.17 bits per heavy atom. The van der Waals surface area contributed by atoms with Crippen LogP contribution in [0.1, 0.15) is 22.2 Å². The monoisotopic (exact) mass is 574 g/mol. The Morgan fingerprint density at radius 3 is 2.78 bits per heavy atom. The van der Waals surface area contributed by atoms with E-state index in [4.69, 9.17) is 24.2 Å². The first-order valence-electron chi connectivity index (χ1n) is 13.4. The molecule has 1 fully saturated rings. The number of morpholine rings is 1. The highest BCUT2D eigenvalue weighted by Crippen LogP contribution is 2.36. The summed E-state index contributed by atoms with van der Waals surface area (Å²) in [5.41, 5.74) is 3.06. The molecular formula is C28H30N8O4S. The van der Waals surface area contributed by atoms with Crippen LogP contribution in [0.15, 0.2) is 42.9 Å². The second-order valence-corrected chi connectivity index (χ2v) is 10.6. The molecule has 0 radical (unpaired) electrons. The fourth-order valence-electron chi connectivity index (χ4n) is 4.76. The normalized spacial score (nSPS) is 13.7. The molecule has 1 saturated heterocycles. The first kappa shape index (κ1) is 27.0. The van der Waals surface area contributed by atoms with E-state index in [2.05, 4.69) is 31.1 Å². The highest BCUT2D eigenvalue weighted by molar-refractivity contribution is 7.19. The summed E-state index contributed by atoms with van der Waals surface area (Å²) in [6.45, 7) is 6.48. The predicted molar refractivity (Wildman–Crippen MR) is 156 cm³/mol. The molecule has 1 aliphatic rings. The van der Waals surface area contributed by atoms with Gasteiger partial charge in [0.2, 0.25) is 5.95 Å². The third-order valence-electron chi connectivity index (χ3n) is 6.79. The molecule has 0 amide bonds. The van der Waals surface area contributed by atoms with Crippen LogP contribution in [0.2, 0.25) is 0 Å². The van der Waals surface area contributed by atoms with Crippen LogP contribution >= 0.6 is 11.3 Å². The van der Waals surface area contributed by atoms with Crippen LogP contribution in [-0.4, -0.2) is 89.3 Å². The summed E-state index contributed by atoms with van der Waals surface area (Å²) in [5.74, 6) is 1.62. The molecule has 0 atom stereocenters. The van der Waals surface area contributed by atoms with Crippen molar-refractivity contribution >= 4 is 50.2 Å². The van der Waals surface area contributed by atoms with E-state index in [-0.39, 0.29) is 0 Å². The number of methoxy groups -OCH3 is 1. The number of esters is 1. The predicted octanol–water partition coefficient (Wildman–Crippen LogP) is 3.69. The number of anilines is 2. The number of hydrogen-bond donors (Lipinski definition) is 1. The average molecular weight is 575 g/mol. The molecule has 5 aromatic rings. The van der Waals surface area contributed by atoms with Gasteiger partial charge < -0.3 is 24.0 Å². The summed E-state index contributed by atoms with van der Waals surface area (Å²) in [5, 5.41) is 8.23. The van der Waals surface area contributed by atoms with Crippen molar-refractivity contribution in [1.29, 1.82) is 0 Å². The summed E-state index contributed by atoms with van der Waals surface area (Å²) in [4.78, 5) is 36.5. The van der Waals surface area contributed by atoms with Gasteiger partial charge in [-0.2, -0.15) is 5.10 Å². The van der Waals surface area contributed by atoms with Crippen molar-refractivity contribution in [1.82, 2.24) is 30.1 Å². The fraction of sp³-hybridized carbons (Fsp3) is 0.357. The minimum Gasteiger partial charge on any atom is -0.462 e. The molecule has 1 N–H and O–H groups in total. The van der Waals surface area contributed by atoms with Gasteiger partial charge in [-0.05, 0) is 19.1 Å². The summed E-state index contributed by atoms with van der Waals surface area (Å²) in [7, 11) is 1.66. The molecule has 0 spiro atoms. The van der Waals surface area contributed by atoms with Gasteiger partial charge in [0.15, 0.2) is 11.6 Å². The second-order valence-electron chi connectivity index (χ2n) is 9.44. The third-order valence-corrected chi connectivity index (χ3v) is 7.89. The molecule has 0 aliphatic carbocycles. The van der Waals surface area contributed by atoms with Crippen LogP contribution in [0.3, 0.4) is 0 Å². The quantitative estimate of drug-likeness (QED) is 0.245. The van der Waals surface area contributed by atoms with Crippen LogP contribution in [-0.2, 0) is 20.8 Å². The Kier molecular flexibility index (Phi) is 7.98. The number of H-pyrrole nitrogens is 1. The lowest BCUT2D eigenvalue weighted by molar-refractivity contribution is 0.0525. The van der Waals surface area contributed by atoms with Gasteiger partial charge in [0.05, 0.1) is 60.5 Å². The molecule has 13 heteroatoms. The smallest absolute Gasteiger partial charge is 0.341 e. The van der Waals surface area contributed by atoms with E-state index in [9.17, 15) is 4.79 Å². The maximum Gasteiger partial charge on any atom is 0.341 e. The molecule has 4 aromatic heterocycles. The molecule has 0 saturated carbocycles. The zero-order valence-corrected chi connectivity index (χ0v) is 23.7. The SMILES string of the molecule is CCOC(=O)c1cnc(N(CCOC)Cc2cc3nc(-c4cccc5[nH]ncc45)nc(N4CCOCC4)c3s2)nc1. The molecule has 41 heavy (non-hydrogen) atoms. The molecule has 0 bridgehead atoms. The van der Waals surface area contributed by atoms with Crippen molar-refractivity contribution in [2.24, 2.45) is 0 Å². The van der Waals surface area contributed by atoms with Crippen LogP contribution in [0.4, 0.5) is 11.8 Å². The van der Waals surface area contributed by atoms with Gasteiger partial charge in [-0.15, -0.1) is 11.3 Å². The van der Waals surface area contributed by atoms with Crippen LogP contribution in [0.25, 0.3) is 32.5 Å². The lowest BCUT2D eigenvalue weighted by Crippen LogP contribution is -2.36. The van der Waals surface area contributed by atoms with Crippen molar-refractivity contribution in [2.45, 2.75) is 13.5 Å². The number of aromatic amines is 1. The Hall–Kier alpha value is -4.20. The highest BCUT2D eigenvalue weighted by atomic mass is 32.1. The topological polar surface area (TPSA) is 131 Å². The number of carbonyl (C=O) groups is 1. The number of rotatable bonds is 10. The van der Waals surface area contributed by atoms with Gasteiger partial charge in [-0.3, -0.25) is 5.10 Å². The fourth-order valence-corrected chi connectivity index (χ4v) is 5.89. The van der Waals surface area contributed by atoms with E-state index in [1.165, 1.54) is 12.4 Å².